The van der Waals surface area contributed by atoms with Gasteiger partial charge in [-0.1, -0.05) is 0 Å². The van der Waals surface area contributed by atoms with E-state index in [0.717, 1.165) is 4.47 Å². The Balaban J connectivity index is 2.87. The molecule has 3 N–H and O–H groups in total. The van der Waals surface area contributed by atoms with Gasteiger partial charge in [-0.3, -0.25) is 9.48 Å². The molecule has 0 saturated heterocycles. The van der Waals surface area contributed by atoms with E-state index in [4.69, 9.17) is 10.8 Å². The molecule has 0 aliphatic rings. The molecule has 6 heteroatoms. The van der Waals surface area contributed by atoms with Crippen LogP contribution in [0.5, 0.6) is 0 Å². The normalized spacial score (nSPS) is 12.8. The molecule has 0 unspecified atom stereocenters. The van der Waals surface area contributed by atoms with Crippen molar-refractivity contribution in [3.63, 3.8) is 0 Å². The molecule has 72 valence electrons. The number of nitrogens with two attached hydrogens (primary N) is 1. The van der Waals surface area contributed by atoms with Gasteiger partial charge in [0.25, 0.3) is 0 Å². The van der Waals surface area contributed by atoms with E-state index in [9.17, 15) is 4.79 Å². The molecule has 5 nitrogen and oxygen atoms in total. The maximum atomic E-state index is 10.4. The van der Waals surface area contributed by atoms with Crippen molar-refractivity contribution in [2.45, 2.75) is 12.5 Å². The van der Waals surface area contributed by atoms with Crippen LogP contribution in [0, 0.1) is 0 Å². The highest BCUT2D eigenvalue weighted by molar-refractivity contribution is 9.10. The summed E-state index contributed by atoms with van der Waals surface area (Å²) in [6.07, 6.45) is 1.50. The lowest BCUT2D eigenvalue weighted by Gasteiger charge is -2.09. The van der Waals surface area contributed by atoms with E-state index < -0.39 is 12.0 Å². The summed E-state index contributed by atoms with van der Waals surface area (Å²) in [5, 5.41) is 12.5. The van der Waals surface area contributed by atoms with Crippen molar-refractivity contribution in [2.24, 2.45) is 12.8 Å². The summed E-state index contributed by atoms with van der Waals surface area (Å²) < 4.78 is 2.31. The second-order valence-electron chi connectivity index (χ2n) is 2.71. The average molecular weight is 248 g/mol. The van der Waals surface area contributed by atoms with E-state index in [2.05, 4.69) is 21.0 Å². The molecule has 1 atom stereocenters. The number of nitrogens with zero attached hydrogens (tertiary/aromatic N) is 2. The van der Waals surface area contributed by atoms with Crippen molar-refractivity contribution in [3.05, 3.63) is 16.4 Å². The van der Waals surface area contributed by atoms with Crippen LogP contribution < -0.4 is 5.73 Å². The topological polar surface area (TPSA) is 81.1 Å². The minimum atomic E-state index is -0.916. The number of aromatic nitrogens is 2. The van der Waals surface area contributed by atoms with Crippen LogP contribution in [0.15, 0.2) is 10.7 Å². The molecule has 0 aliphatic heterocycles. The molecule has 0 saturated carbocycles. The van der Waals surface area contributed by atoms with Gasteiger partial charge in [0.2, 0.25) is 0 Å². The monoisotopic (exact) mass is 247 g/mol. The molecule has 0 bridgehead atoms. The van der Waals surface area contributed by atoms with Crippen molar-refractivity contribution in [1.82, 2.24) is 9.78 Å². The van der Waals surface area contributed by atoms with Crippen LogP contribution in [0.3, 0.4) is 0 Å². The standard InChI is InChI=1S/C7H10BrN3O2/c1-11-7(4(8)3-10-11)5(9)2-6(12)13/h3,5H,2,9H2,1H3,(H,12,13)/t5-/m0/s1. The molecule has 0 radical (unpaired) electrons. The van der Waals surface area contributed by atoms with Gasteiger partial charge < -0.3 is 10.8 Å². The predicted octanol–water partition coefficient (Wildman–Crippen LogP) is 0.657. The highest BCUT2D eigenvalue weighted by atomic mass is 79.9. The van der Waals surface area contributed by atoms with E-state index in [1.807, 2.05) is 0 Å². The third-order valence-electron chi connectivity index (χ3n) is 1.68. The van der Waals surface area contributed by atoms with Crippen LogP contribution in [0.25, 0.3) is 0 Å². The largest absolute Gasteiger partial charge is 0.481 e. The summed E-state index contributed by atoms with van der Waals surface area (Å²) >= 11 is 3.25. The van der Waals surface area contributed by atoms with Crippen LogP contribution in [-0.4, -0.2) is 20.9 Å². The maximum absolute atomic E-state index is 10.4. The fourth-order valence-electron chi connectivity index (χ4n) is 1.12. The minimum Gasteiger partial charge on any atom is -0.481 e. The molecule has 0 fully saturated rings. The molecule has 1 aromatic heterocycles. The maximum Gasteiger partial charge on any atom is 0.305 e. The molecule has 1 aromatic rings. The van der Waals surface area contributed by atoms with Gasteiger partial charge in [0.05, 0.1) is 28.8 Å². The Bertz CT molecular complexity index is 304. The Morgan fingerprint density at radius 2 is 2.54 bits per heavy atom. The van der Waals surface area contributed by atoms with Crippen molar-refractivity contribution in [2.75, 3.05) is 0 Å². The molecule has 0 amide bonds. The Labute approximate surface area is 83.7 Å². The van der Waals surface area contributed by atoms with Crippen LogP contribution in [0.2, 0.25) is 0 Å². The number of aliphatic carboxylic acids is 1. The Morgan fingerprint density at radius 3 is 2.92 bits per heavy atom. The molecule has 0 aliphatic carbocycles. The zero-order valence-electron chi connectivity index (χ0n) is 7.07. The first kappa shape index (κ1) is 10.2. The van der Waals surface area contributed by atoms with Crippen LogP contribution in [-0.2, 0) is 11.8 Å². The van der Waals surface area contributed by atoms with E-state index >= 15 is 0 Å². The summed E-state index contributed by atoms with van der Waals surface area (Å²) in [6, 6.07) is -0.528. The zero-order valence-corrected chi connectivity index (χ0v) is 8.65. The number of rotatable bonds is 3. The highest BCUT2D eigenvalue weighted by Crippen LogP contribution is 2.22. The van der Waals surface area contributed by atoms with Gasteiger partial charge in [0, 0.05) is 7.05 Å². The van der Waals surface area contributed by atoms with E-state index in [-0.39, 0.29) is 6.42 Å². The van der Waals surface area contributed by atoms with Crippen LogP contribution in [0.4, 0.5) is 0 Å². The molecule has 1 heterocycles. The fraction of sp³-hybridized carbons (Fsp3) is 0.429. The second kappa shape index (κ2) is 3.89. The summed E-state index contributed by atoms with van der Waals surface area (Å²) in [4.78, 5) is 10.4. The minimum absolute atomic E-state index is 0.0991. The molecular weight excluding hydrogens is 238 g/mol. The van der Waals surface area contributed by atoms with E-state index in [1.54, 1.807) is 17.9 Å². The number of aryl methyl sites for hydroxylation is 1. The van der Waals surface area contributed by atoms with Crippen LogP contribution >= 0.6 is 15.9 Å². The van der Waals surface area contributed by atoms with E-state index in [1.165, 1.54) is 0 Å². The lowest BCUT2D eigenvalue weighted by molar-refractivity contribution is -0.137. The van der Waals surface area contributed by atoms with Gasteiger partial charge in [-0.25, -0.2) is 0 Å². The lowest BCUT2D eigenvalue weighted by atomic mass is 10.1. The van der Waals surface area contributed by atoms with Crippen molar-refractivity contribution in [1.29, 1.82) is 0 Å². The highest BCUT2D eigenvalue weighted by Gasteiger charge is 2.17. The van der Waals surface area contributed by atoms with Gasteiger partial charge in [0.15, 0.2) is 0 Å². The van der Waals surface area contributed by atoms with E-state index in [0.29, 0.717) is 5.69 Å². The molecule has 1 rings (SSSR count). The number of carboxylic acid groups (broad SMARTS) is 1. The average Bonchev–Trinajstić information content (AvgIpc) is 2.29. The quantitative estimate of drug-likeness (QED) is 0.823. The number of halogens is 1. The molecule has 0 aromatic carbocycles. The van der Waals surface area contributed by atoms with Crippen molar-refractivity contribution >= 4 is 21.9 Å². The zero-order chi connectivity index (χ0) is 10.0. The molecule has 13 heavy (non-hydrogen) atoms. The summed E-state index contributed by atoms with van der Waals surface area (Å²) in [5.41, 5.74) is 6.37. The Kier molecular flexibility index (Phi) is 3.05. The summed E-state index contributed by atoms with van der Waals surface area (Å²) in [7, 11) is 1.72. The third-order valence-corrected chi connectivity index (χ3v) is 2.29. The van der Waals surface area contributed by atoms with Crippen LogP contribution in [0.1, 0.15) is 18.2 Å². The lowest BCUT2D eigenvalue weighted by Crippen LogP contribution is -2.18. The first-order chi connectivity index (χ1) is 6.02. The van der Waals surface area contributed by atoms with Crippen molar-refractivity contribution < 1.29 is 9.90 Å². The Hall–Kier alpha value is -0.880. The predicted molar refractivity (Wildman–Crippen MR) is 50.1 cm³/mol. The summed E-state index contributed by atoms with van der Waals surface area (Å²) in [6.45, 7) is 0. The first-order valence-corrected chi connectivity index (χ1v) is 4.46. The number of carboxylic acids is 1. The SMILES string of the molecule is Cn1ncc(Br)c1[C@@H](N)CC(=O)O. The fourth-order valence-corrected chi connectivity index (χ4v) is 1.76. The van der Waals surface area contributed by atoms with Gasteiger partial charge in [-0.05, 0) is 15.9 Å². The molecular formula is C7H10BrN3O2. The third kappa shape index (κ3) is 2.28. The number of hydrogen-bond acceptors (Lipinski definition) is 3. The first-order valence-electron chi connectivity index (χ1n) is 3.67. The van der Waals surface area contributed by atoms with Gasteiger partial charge in [-0.2, -0.15) is 5.10 Å². The van der Waals surface area contributed by atoms with Gasteiger partial charge in [0.1, 0.15) is 0 Å². The smallest absolute Gasteiger partial charge is 0.305 e. The van der Waals surface area contributed by atoms with Gasteiger partial charge in [-0.15, -0.1) is 0 Å². The second-order valence-corrected chi connectivity index (χ2v) is 3.56. The number of hydrogen-bond donors (Lipinski definition) is 2. The van der Waals surface area contributed by atoms with Crippen molar-refractivity contribution in [3.8, 4) is 0 Å². The summed E-state index contributed by atoms with van der Waals surface area (Å²) in [5.74, 6) is -0.916. The number of carbonyl (C=O) groups is 1. The Morgan fingerprint density at radius 1 is 1.92 bits per heavy atom. The molecule has 0 spiro atoms. The van der Waals surface area contributed by atoms with Gasteiger partial charge >= 0.3 is 5.97 Å².